The molecule has 112 valence electrons. The fourth-order valence-electron chi connectivity index (χ4n) is 2.67. The highest BCUT2D eigenvalue weighted by molar-refractivity contribution is 7.08. The molecule has 1 aliphatic heterocycles. The largest absolute Gasteiger partial charge is 0.481 e. The Bertz CT molecular complexity index is 625. The van der Waals surface area contributed by atoms with Crippen LogP contribution in [0.25, 0.3) is 11.4 Å². The van der Waals surface area contributed by atoms with Gasteiger partial charge in [-0.2, -0.15) is 16.3 Å². The fraction of sp³-hybridized carbons (Fsp3) is 0.500. The third kappa shape index (κ3) is 2.98. The average Bonchev–Trinajstić information content (AvgIpc) is 3.08. The van der Waals surface area contributed by atoms with Gasteiger partial charge in [0, 0.05) is 17.5 Å². The molecule has 0 saturated carbocycles. The van der Waals surface area contributed by atoms with Crippen LogP contribution in [0.2, 0.25) is 0 Å². The van der Waals surface area contributed by atoms with Gasteiger partial charge >= 0.3 is 5.97 Å². The van der Waals surface area contributed by atoms with E-state index in [0.29, 0.717) is 31.2 Å². The Kier molecular flexibility index (Phi) is 3.77. The molecule has 6 nitrogen and oxygen atoms in total. The molecule has 1 aliphatic rings. The van der Waals surface area contributed by atoms with Gasteiger partial charge in [0.25, 0.3) is 0 Å². The first-order chi connectivity index (χ1) is 10.1. The van der Waals surface area contributed by atoms with E-state index in [4.69, 9.17) is 4.52 Å². The molecule has 0 radical (unpaired) electrons. The van der Waals surface area contributed by atoms with Gasteiger partial charge in [0.2, 0.25) is 11.7 Å². The van der Waals surface area contributed by atoms with E-state index in [1.165, 1.54) is 0 Å². The molecule has 1 N–H and O–H groups in total. The quantitative estimate of drug-likeness (QED) is 0.935. The van der Waals surface area contributed by atoms with E-state index in [2.05, 4.69) is 15.0 Å². The van der Waals surface area contributed by atoms with Gasteiger partial charge < -0.3 is 9.63 Å². The third-order valence-electron chi connectivity index (χ3n) is 3.90. The Labute approximate surface area is 126 Å². The van der Waals surface area contributed by atoms with Crippen molar-refractivity contribution in [3.63, 3.8) is 0 Å². The predicted molar refractivity (Wildman–Crippen MR) is 77.9 cm³/mol. The van der Waals surface area contributed by atoms with E-state index in [-0.39, 0.29) is 0 Å². The average molecular weight is 307 g/mol. The van der Waals surface area contributed by atoms with Crippen molar-refractivity contribution < 1.29 is 14.4 Å². The van der Waals surface area contributed by atoms with Crippen molar-refractivity contribution in [2.75, 3.05) is 13.1 Å². The monoisotopic (exact) mass is 307 g/mol. The molecule has 7 heteroatoms. The Balaban J connectivity index is 1.68. The van der Waals surface area contributed by atoms with Crippen LogP contribution in [0.15, 0.2) is 21.3 Å². The number of piperidine rings is 1. The van der Waals surface area contributed by atoms with Crippen LogP contribution >= 0.6 is 11.3 Å². The number of rotatable bonds is 4. The van der Waals surface area contributed by atoms with Crippen LogP contribution < -0.4 is 0 Å². The van der Waals surface area contributed by atoms with Gasteiger partial charge in [-0.3, -0.25) is 9.69 Å². The summed E-state index contributed by atoms with van der Waals surface area (Å²) in [6.07, 6.45) is 1.58. The number of carboxylic acids is 1. The molecule has 1 atom stereocenters. The molecule has 21 heavy (non-hydrogen) atoms. The first-order valence-corrected chi connectivity index (χ1v) is 7.82. The van der Waals surface area contributed by atoms with Crippen LogP contribution in [0.3, 0.4) is 0 Å². The van der Waals surface area contributed by atoms with Crippen LogP contribution in [0.5, 0.6) is 0 Å². The first-order valence-electron chi connectivity index (χ1n) is 6.88. The maximum atomic E-state index is 11.4. The zero-order valence-corrected chi connectivity index (χ0v) is 12.6. The number of hydrogen-bond acceptors (Lipinski definition) is 6. The lowest BCUT2D eigenvalue weighted by molar-refractivity contribution is -0.151. The van der Waals surface area contributed by atoms with Gasteiger partial charge in [0.15, 0.2) is 0 Å². The predicted octanol–water partition coefficient (Wildman–Crippen LogP) is 2.48. The molecule has 0 bridgehead atoms. The van der Waals surface area contributed by atoms with Crippen molar-refractivity contribution in [1.29, 1.82) is 0 Å². The van der Waals surface area contributed by atoms with Gasteiger partial charge in [0.05, 0.1) is 12.0 Å². The zero-order chi connectivity index (χ0) is 14.9. The number of thiophene rings is 1. The van der Waals surface area contributed by atoms with Crippen LogP contribution in [0, 0.1) is 5.41 Å². The second kappa shape index (κ2) is 5.57. The molecular formula is C14H17N3O3S. The van der Waals surface area contributed by atoms with E-state index in [1.54, 1.807) is 18.3 Å². The number of carboxylic acid groups (broad SMARTS) is 1. The minimum absolute atomic E-state index is 0.500. The summed E-state index contributed by atoms with van der Waals surface area (Å²) in [5.74, 6) is 0.381. The molecule has 0 aromatic carbocycles. The van der Waals surface area contributed by atoms with E-state index >= 15 is 0 Å². The second-order valence-corrected chi connectivity index (χ2v) is 6.48. The lowest BCUT2D eigenvalue weighted by Gasteiger charge is -2.36. The molecule has 1 fully saturated rings. The fourth-order valence-corrected chi connectivity index (χ4v) is 3.31. The number of nitrogens with zero attached hydrogens (tertiary/aromatic N) is 3. The summed E-state index contributed by atoms with van der Waals surface area (Å²) in [7, 11) is 0. The molecule has 3 rings (SSSR count). The summed E-state index contributed by atoms with van der Waals surface area (Å²) in [5.41, 5.74) is 0.262. The van der Waals surface area contributed by atoms with Gasteiger partial charge in [-0.25, -0.2) is 0 Å². The summed E-state index contributed by atoms with van der Waals surface area (Å²) in [4.78, 5) is 17.8. The van der Waals surface area contributed by atoms with Crippen molar-refractivity contribution >= 4 is 17.3 Å². The molecule has 2 aromatic heterocycles. The van der Waals surface area contributed by atoms with Crippen LogP contribution in [0.4, 0.5) is 0 Å². The van der Waals surface area contributed by atoms with Gasteiger partial charge in [-0.05, 0) is 37.8 Å². The Morgan fingerprint density at radius 1 is 1.62 bits per heavy atom. The minimum Gasteiger partial charge on any atom is -0.481 e. The normalized spacial score (nSPS) is 23.3. The maximum absolute atomic E-state index is 11.4. The Morgan fingerprint density at radius 3 is 3.19 bits per heavy atom. The van der Waals surface area contributed by atoms with Gasteiger partial charge in [-0.1, -0.05) is 5.16 Å². The highest BCUT2D eigenvalue weighted by atomic mass is 32.1. The molecule has 1 unspecified atom stereocenters. The first kappa shape index (κ1) is 14.2. The van der Waals surface area contributed by atoms with Crippen molar-refractivity contribution in [3.05, 3.63) is 22.7 Å². The summed E-state index contributed by atoms with van der Waals surface area (Å²) in [6, 6.07) is 1.95. The number of aliphatic carboxylic acids is 1. The second-order valence-electron chi connectivity index (χ2n) is 5.70. The maximum Gasteiger partial charge on any atom is 0.310 e. The zero-order valence-electron chi connectivity index (χ0n) is 11.8. The Hall–Kier alpha value is -1.73. The van der Waals surface area contributed by atoms with Crippen LogP contribution in [-0.4, -0.2) is 39.2 Å². The molecule has 0 spiro atoms. The van der Waals surface area contributed by atoms with Crippen molar-refractivity contribution in [2.24, 2.45) is 5.41 Å². The number of likely N-dealkylation sites (tertiary alicyclic amines) is 1. The molecule has 3 heterocycles. The van der Waals surface area contributed by atoms with Crippen molar-refractivity contribution in [3.8, 4) is 11.4 Å². The van der Waals surface area contributed by atoms with Crippen molar-refractivity contribution in [2.45, 2.75) is 26.3 Å². The Morgan fingerprint density at radius 2 is 2.48 bits per heavy atom. The minimum atomic E-state index is -0.739. The molecule has 0 amide bonds. The topological polar surface area (TPSA) is 79.5 Å². The van der Waals surface area contributed by atoms with Gasteiger partial charge in [-0.15, -0.1) is 0 Å². The van der Waals surface area contributed by atoms with Gasteiger partial charge in [0.1, 0.15) is 0 Å². The highest BCUT2D eigenvalue weighted by Gasteiger charge is 2.38. The van der Waals surface area contributed by atoms with Crippen LogP contribution in [0.1, 0.15) is 25.7 Å². The molecular weight excluding hydrogens is 290 g/mol. The smallest absolute Gasteiger partial charge is 0.310 e. The summed E-state index contributed by atoms with van der Waals surface area (Å²) < 4.78 is 5.27. The lowest BCUT2D eigenvalue weighted by atomic mass is 9.82. The summed E-state index contributed by atoms with van der Waals surface area (Å²) in [6.45, 7) is 3.67. The molecule has 2 aromatic rings. The highest BCUT2D eigenvalue weighted by Crippen LogP contribution is 2.30. The molecule has 1 saturated heterocycles. The number of carbonyl (C=O) groups is 1. The molecule has 0 aliphatic carbocycles. The SMILES string of the molecule is CC1(C(=O)O)CCCN(Cc2nc(-c3ccsc3)no2)C1. The van der Waals surface area contributed by atoms with E-state index < -0.39 is 11.4 Å². The lowest BCUT2D eigenvalue weighted by Crippen LogP contribution is -2.45. The summed E-state index contributed by atoms with van der Waals surface area (Å²) >= 11 is 1.58. The van der Waals surface area contributed by atoms with Crippen LogP contribution in [-0.2, 0) is 11.3 Å². The van der Waals surface area contributed by atoms with E-state index in [1.807, 2.05) is 16.8 Å². The number of hydrogen-bond donors (Lipinski definition) is 1. The van der Waals surface area contributed by atoms with E-state index in [0.717, 1.165) is 18.5 Å². The summed E-state index contributed by atoms with van der Waals surface area (Å²) in [5, 5.41) is 17.2. The number of aromatic nitrogens is 2. The third-order valence-corrected chi connectivity index (χ3v) is 4.58. The standard InChI is InChI=1S/C14H17N3O3S/c1-14(13(18)19)4-2-5-17(9-14)7-11-15-12(16-20-11)10-3-6-21-8-10/h3,6,8H,2,4-5,7,9H2,1H3,(H,18,19). The van der Waals surface area contributed by atoms with Crippen molar-refractivity contribution in [1.82, 2.24) is 15.0 Å². The van der Waals surface area contributed by atoms with E-state index in [9.17, 15) is 9.90 Å².